The summed E-state index contributed by atoms with van der Waals surface area (Å²) >= 11 is 6.29. The van der Waals surface area contributed by atoms with E-state index in [-0.39, 0.29) is 21.8 Å². The summed E-state index contributed by atoms with van der Waals surface area (Å²) in [6.45, 7) is 5.41. The van der Waals surface area contributed by atoms with Crippen LogP contribution in [0.1, 0.15) is 40.9 Å². The van der Waals surface area contributed by atoms with E-state index in [1.807, 2.05) is 19.1 Å². The van der Waals surface area contributed by atoms with Crippen molar-refractivity contribution in [1.82, 2.24) is 49.5 Å². The molecule has 2 aliphatic rings. The largest absolute Gasteiger partial charge is 0.465 e. The second-order valence-electron chi connectivity index (χ2n) is 15.4. The van der Waals surface area contributed by atoms with Gasteiger partial charge in [0, 0.05) is 72.8 Å². The highest BCUT2D eigenvalue weighted by atomic mass is 35.5. The molecular formula is C44H36ClF3N14O3. The Labute approximate surface area is 372 Å². The van der Waals surface area contributed by atoms with E-state index in [4.69, 9.17) is 21.6 Å². The summed E-state index contributed by atoms with van der Waals surface area (Å²) in [6, 6.07) is 13.2. The highest BCUT2D eigenvalue weighted by Crippen LogP contribution is 2.40. The standard InChI is InChI=1S/C25H22ClFN8O.C19H14F2N6O2/c26-18-7-16(11-28)8-19(27)24(18)35-20-9-21(29-12-17(20)13-32-35)33-22-10-23(31-15-30-22)34-4-1-25(2-5-34)3-6-36-14-25;1-10-3-16(24-9-23-10)26-17-6-15-12(7-22-17)8-25-27(15)18-13(20)4-11(5-14(18)21)19(28)29-2/h7-10,12-13,15H,1-6,14H2,(H,29,30,31,33);3-9H,1-2H3,(H,22,23,24,26). The molecule has 0 atom stereocenters. The summed E-state index contributed by atoms with van der Waals surface area (Å²) in [5.74, 6) is -0.469. The molecule has 0 radical (unpaired) electrons. The number of benzene rings is 2. The number of hydrogen-bond donors (Lipinski definition) is 2. The molecule has 2 N–H and O–H groups in total. The van der Waals surface area contributed by atoms with Crippen molar-refractivity contribution in [3.05, 3.63) is 125 Å². The van der Waals surface area contributed by atoms with Gasteiger partial charge in [-0.25, -0.2) is 57.2 Å². The van der Waals surface area contributed by atoms with Crippen LogP contribution in [0.25, 0.3) is 33.2 Å². The van der Waals surface area contributed by atoms with Crippen molar-refractivity contribution in [2.24, 2.45) is 5.41 Å². The number of fused-ring (bicyclic) bond motifs is 2. The minimum Gasteiger partial charge on any atom is -0.465 e. The highest BCUT2D eigenvalue weighted by molar-refractivity contribution is 6.32. The molecule has 1 spiro atoms. The van der Waals surface area contributed by atoms with E-state index < -0.39 is 29.1 Å². The van der Waals surface area contributed by atoms with Gasteiger partial charge in [0.15, 0.2) is 17.5 Å². The van der Waals surface area contributed by atoms with Crippen LogP contribution >= 0.6 is 11.6 Å². The summed E-state index contributed by atoms with van der Waals surface area (Å²) in [7, 11) is 1.13. The third-order valence-corrected chi connectivity index (χ3v) is 11.5. The van der Waals surface area contributed by atoms with E-state index in [0.717, 1.165) is 87.1 Å². The molecule has 2 aliphatic heterocycles. The molecule has 10 rings (SSSR count). The molecule has 328 valence electrons. The number of carbonyl (C=O) groups is 1. The van der Waals surface area contributed by atoms with Gasteiger partial charge in [0.05, 0.1) is 59.4 Å². The van der Waals surface area contributed by atoms with Crippen LogP contribution in [-0.4, -0.2) is 88.8 Å². The number of methoxy groups -OCH3 is 1. The molecule has 0 amide bonds. The predicted octanol–water partition coefficient (Wildman–Crippen LogP) is 7.95. The van der Waals surface area contributed by atoms with Crippen LogP contribution in [-0.2, 0) is 9.47 Å². The van der Waals surface area contributed by atoms with E-state index in [1.165, 1.54) is 35.8 Å². The van der Waals surface area contributed by atoms with E-state index in [1.54, 1.807) is 30.6 Å². The van der Waals surface area contributed by atoms with Gasteiger partial charge in [-0.2, -0.15) is 15.5 Å². The van der Waals surface area contributed by atoms with E-state index in [9.17, 15) is 18.0 Å². The van der Waals surface area contributed by atoms with Crippen LogP contribution in [0.3, 0.4) is 0 Å². The quantitative estimate of drug-likeness (QED) is 0.139. The smallest absolute Gasteiger partial charge is 0.338 e. The highest BCUT2D eigenvalue weighted by Gasteiger charge is 2.38. The summed E-state index contributed by atoms with van der Waals surface area (Å²) in [6.07, 6.45) is 12.5. The zero-order valence-electron chi connectivity index (χ0n) is 34.6. The lowest BCUT2D eigenvalue weighted by Gasteiger charge is -2.38. The monoisotopic (exact) mass is 900 g/mol. The van der Waals surface area contributed by atoms with Gasteiger partial charge in [-0.3, -0.25) is 0 Å². The summed E-state index contributed by atoms with van der Waals surface area (Å²) in [5.41, 5.74) is 1.68. The summed E-state index contributed by atoms with van der Waals surface area (Å²) < 4.78 is 56.7. The summed E-state index contributed by atoms with van der Waals surface area (Å²) in [5, 5.41) is 25.1. The maximum atomic E-state index is 14.8. The normalized spacial score (nSPS) is 14.3. The molecule has 0 saturated carbocycles. The molecule has 8 aromatic rings. The first-order chi connectivity index (χ1) is 31.5. The number of rotatable bonds is 8. The third kappa shape index (κ3) is 8.78. The van der Waals surface area contributed by atoms with E-state index in [2.05, 4.69) is 60.4 Å². The lowest BCUT2D eigenvalue weighted by Crippen LogP contribution is -2.40. The fraction of sp³-hybridized carbons (Fsp3) is 0.227. The first kappa shape index (κ1) is 42.5. The fourth-order valence-electron chi connectivity index (χ4n) is 7.80. The molecular weight excluding hydrogens is 865 g/mol. The minimum atomic E-state index is -0.951. The van der Waals surface area contributed by atoms with Crippen molar-refractivity contribution in [2.45, 2.75) is 26.2 Å². The van der Waals surface area contributed by atoms with Gasteiger partial charge in [0.2, 0.25) is 0 Å². The second-order valence-corrected chi connectivity index (χ2v) is 15.8. The Morgan fingerprint density at radius 2 is 1.34 bits per heavy atom. The SMILES string of the molecule is COC(=O)c1cc(F)c(-n2ncc3cnc(Nc4cc(C)ncn4)cc32)c(F)c1.N#Cc1cc(F)c(-n2ncc3cnc(Nc4cc(N5CCC6(CCOC6)CC5)ncn4)cc32)c(Cl)c1. The Morgan fingerprint density at radius 1 is 0.754 bits per heavy atom. The van der Waals surface area contributed by atoms with Gasteiger partial charge in [-0.15, -0.1) is 0 Å². The van der Waals surface area contributed by atoms with Gasteiger partial charge in [-0.1, -0.05) is 11.6 Å². The number of esters is 1. The van der Waals surface area contributed by atoms with Crippen LogP contribution in [0.5, 0.6) is 0 Å². The molecule has 2 fully saturated rings. The number of ether oxygens (including phenoxy) is 2. The van der Waals surface area contributed by atoms with E-state index >= 15 is 0 Å². The van der Waals surface area contributed by atoms with Crippen LogP contribution in [0, 0.1) is 41.1 Å². The first-order valence-corrected chi connectivity index (χ1v) is 20.5. The lowest BCUT2D eigenvalue weighted by molar-refractivity contribution is 0.0599. The lowest BCUT2D eigenvalue weighted by atomic mass is 9.78. The van der Waals surface area contributed by atoms with Gasteiger partial charge in [-0.05, 0) is 55.9 Å². The van der Waals surface area contributed by atoms with Crippen molar-refractivity contribution in [3.8, 4) is 17.4 Å². The molecule has 0 bridgehead atoms. The number of nitrogens with zero attached hydrogens (tertiary/aromatic N) is 12. The van der Waals surface area contributed by atoms with Gasteiger partial charge >= 0.3 is 5.97 Å². The zero-order chi connectivity index (χ0) is 45.2. The molecule has 21 heteroatoms. The minimum absolute atomic E-state index is 0.0719. The number of aromatic nitrogens is 10. The maximum Gasteiger partial charge on any atom is 0.338 e. The zero-order valence-corrected chi connectivity index (χ0v) is 35.4. The van der Waals surface area contributed by atoms with Crippen LogP contribution < -0.4 is 15.5 Å². The van der Waals surface area contributed by atoms with Gasteiger partial charge in [0.25, 0.3) is 0 Å². The van der Waals surface area contributed by atoms with Crippen molar-refractivity contribution in [1.29, 1.82) is 5.26 Å². The van der Waals surface area contributed by atoms with Crippen LogP contribution in [0.15, 0.2) is 86.0 Å². The molecule has 65 heavy (non-hydrogen) atoms. The Hall–Kier alpha value is -7.76. The van der Waals surface area contributed by atoms with Crippen molar-refractivity contribution < 1.29 is 27.4 Å². The topological polar surface area (TPSA) is 200 Å². The number of nitriles is 1. The first-order valence-electron chi connectivity index (χ1n) is 20.1. The van der Waals surface area contributed by atoms with Crippen molar-refractivity contribution in [2.75, 3.05) is 48.9 Å². The van der Waals surface area contributed by atoms with Crippen molar-refractivity contribution >= 4 is 68.5 Å². The number of pyridine rings is 2. The Balaban J connectivity index is 0.000000168. The van der Waals surface area contributed by atoms with Crippen LogP contribution in [0.4, 0.5) is 42.3 Å². The number of anilines is 5. The average molecular weight is 901 g/mol. The molecule has 0 aliphatic carbocycles. The third-order valence-electron chi connectivity index (χ3n) is 11.2. The molecule has 6 aromatic heterocycles. The molecule has 17 nitrogen and oxygen atoms in total. The Bertz CT molecular complexity index is 3100. The fourth-order valence-corrected chi connectivity index (χ4v) is 8.09. The number of piperidine rings is 1. The van der Waals surface area contributed by atoms with Crippen molar-refractivity contribution in [3.63, 3.8) is 0 Å². The Morgan fingerprint density at radius 3 is 1.91 bits per heavy atom. The van der Waals surface area contributed by atoms with Crippen LogP contribution in [0.2, 0.25) is 5.02 Å². The predicted molar refractivity (Wildman–Crippen MR) is 233 cm³/mol. The number of hydrogen-bond acceptors (Lipinski definition) is 15. The van der Waals surface area contributed by atoms with Gasteiger partial charge in [0.1, 0.15) is 53.1 Å². The molecule has 2 saturated heterocycles. The average Bonchev–Trinajstić information content (AvgIpc) is 4.05. The Kier molecular flexibility index (Phi) is 11.6. The number of aryl methyl sites for hydroxylation is 1. The number of nitrogens with one attached hydrogen (secondary N) is 2. The molecule has 8 heterocycles. The summed E-state index contributed by atoms with van der Waals surface area (Å²) in [4.78, 5) is 39.5. The number of carbonyl (C=O) groups excluding carboxylic acids is 1. The molecule has 0 unspecified atom stereocenters. The maximum absolute atomic E-state index is 14.8. The van der Waals surface area contributed by atoms with Gasteiger partial charge < -0.3 is 25.0 Å². The number of halogens is 4. The van der Waals surface area contributed by atoms with E-state index in [0.29, 0.717) is 50.5 Å². The second kappa shape index (κ2) is 17.8. The molecule has 2 aromatic carbocycles.